The maximum absolute atomic E-state index is 11.7. The molecule has 0 amide bonds. The highest BCUT2D eigenvalue weighted by Crippen LogP contribution is 2.37. The molecule has 3 fully saturated rings. The van der Waals surface area contributed by atoms with Gasteiger partial charge in [0.1, 0.15) is 0 Å². The first-order chi connectivity index (χ1) is 8.57. The Hall–Kier alpha value is -0.130. The summed E-state index contributed by atoms with van der Waals surface area (Å²) in [6.45, 7) is 1.05. The predicted molar refractivity (Wildman–Crippen MR) is 72.1 cm³/mol. The lowest BCUT2D eigenvalue weighted by Gasteiger charge is -2.47. The predicted octanol–water partition coefficient (Wildman–Crippen LogP) is 0.765. The van der Waals surface area contributed by atoms with Gasteiger partial charge in [-0.1, -0.05) is 12.8 Å². The fourth-order valence-electron chi connectivity index (χ4n) is 4.27. The van der Waals surface area contributed by atoms with E-state index in [9.17, 15) is 8.42 Å². The molecule has 0 aromatic rings. The summed E-state index contributed by atoms with van der Waals surface area (Å²) in [5.41, 5.74) is 6.09. The number of nitrogens with two attached hydrogens (primary N) is 1. The normalized spacial score (nSPS) is 44.7. The smallest absolute Gasteiger partial charge is 0.153 e. The second-order valence-electron chi connectivity index (χ2n) is 6.30. The highest BCUT2D eigenvalue weighted by molar-refractivity contribution is 7.91. The van der Waals surface area contributed by atoms with Crippen LogP contribution in [0, 0.1) is 5.92 Å². The van der Waals surface area contributed by atoms with Crippen molar-refractivity contribution in [2.75, 3.05) is 18.1 Å². The van der Waals surface area contributed by atoms with Crippen LogP contribution in [0.2, 0.25) is 0 Å². The van der Waals surface area contributed by atoms with Crippen molar-refractivity contribution in [1.29, 1.82) is 0 Å². The third-order valence-electron chi connectivity index (χ3n) is 5.08. The van der Waals surface area contributed by atoms with Gasteiger partial charge in [0, 0.05) is 18.1 Å². The van der Waals surface area contributed by atoms with Gasteiger partial charge in [-0.05, 0) is 38.1 Å². The number of likely N-dealkylation sites (tertiary alicyclic amines) is 1. The minimum Gasteiger partial charge on any atom is -0.325 e. The summed E-state index contributed by atoms with van der Waals surface area (Å²) < 4.78 is 23.5. The molecule has 4 atom stereocenters. The zero-order chi connectivity index (χ0) is 12.8. The van der Waals surface area contributed by atoms with Gasteiger partial charge in [-0.2, -0.15) is 0 Å². The van der Waals surface area contributed by atoms with Gasteiger partial charge in [0.2, 0.25) is 0 Å². The van der Waals surface area contributed by atoms with Crippen LogP contribution in [0.5, 0.6) is 0 Å². The van der Waals surface area contributed by atoms with Crippen molar-refractivity contribution < 1.29 is 8.42 Å². The third kappa shape index (κ3) is 2.32. The van der Waals surface area contributed by atoms with Crippen molar-refractivity contribution in [3.8, 4) is 0 Å². The molecule has 2 aliphatic heterocycles. The molecule has 4 unspecified atom stereocenters. The number of hydrogen-bond donors (Lipinski definition) is 1. The Morgan fingerprint density at radius 2 is 1.67 bits per heavy atom. The lowest BCUT2D eigenvalue weighted by Crippen LogP contribution is -2.56. The van der Waals surface area contributed by atoms with Gasteiger partial charge < -0.3 is 5.73 Å². The van der Waals surface area contributed by atoms with E-state index < -0.39 is 9.84 Å². The zero-order valence-corrected chi connectivity index (χ0v) is 11.7. The van der Waals surface area contributed by atoms with Crippen LogP contribution in [0.1, 0.15) is 38.5 Å². The Morgan fingerprint density at radius 1 is 0.944 bits per heavy atom. The van der Waals surface area contributed by atoms with Gasteiger partial charge >= 0.3 is 0 Å². The van der Waals surface area contributed by atoms with E-state index in [1.165, 1.54) is 38.5 Å². The van der Waals surface area contributed by atoms with Crippen LogP contribution in [0.15, 0.2) is 0 Å². The standard InChI is InChI=1S/C13H24N2O2S/c14-11-8-18(16,17)9-13(11)15-7-3-5-10-4-1-2-6-12(10)15/h10-13H,1-9,14H2. The number of fused-ring (bicyclic) bond motifs is 1. The molecule has 4 nitrogen and oxygen atoms in total. The topological polar surface area (TPSA) is 63.4 Å². The number of piperidine rings is 1. The Bertz CT molecular complexity index is 407. The Kier molecular flexibility index (Phi) is 3.41. The molecule has 3 aliphatic rings. The average molecular weight is 272 g/mol. The Balaban J connectivity index is 1.78. The van der Waals surface area contributed by atoms with Gasteiger partial charge in [-0.15, -0.1) is 0 Å². The SMILES string of the molecule is NC1CS(=O)(=O)CC1N1CCCC2CCCCC21. The minimum absolute atomic E-state index is 0.0842. The molecule has 0 aromatic heterocycles. The van der Waals surface area contributed by atoms with Crippen LogP contribution in [0.4, 0.5) is 0 Å². The summed E-state index contributed by atoms with van der Waals surface area (Å²) in [5.74, 6) is 1.27. The molecule has 2 saturated heterocycles. The van der Waals surface area contributed by atoms with Crippen LogP contribution in [0.3, 0.4) is 0 Å². The zero-order valence-electron chi connectivity index (χ0n) is 10.9. The number of sulfone groups is 1. The van der Waals surface area contributed by atoms with Crippen LogP contribution in [-0.4, -0.2) is 49.5 Å². The first kappa shape index (κ1) is 12.9. The number of nitrogens with zero attached hydrogens (tertiary/aromatic N) is 1. The monoisotopic (exact) mass is 272 g/mol. The van der Waals surface area contributed by atoms with E-state index >= 15 is 0 Å². The van der Waals surface area contributed by atoms with Crippen molar-refractivity contribution in [2.24, 2.45) is 11.7 Å². The van der Waals surface area contributed by atoms with E-state index in [-0.39, 0.29) is 23.6 Å². The molecule has 0 radical (unpaired) electrons. The first-order valence-corrected chi connectivity index (χ1v) is 9.11. The molecule has 2 N–H and O–H groups in total. The molecular formula is C13H24N2O2S. The molecule has 104 valence electrons. The van der Waals surface area contributed by atoms with Crippen molar-refractivity contribution >= 4 is 9.84 Å². The highest BCUT2D eigenvalue weighted by atomic mass is 32.2. The highest BCUT2D eigenvalue weighted by Gasteiger charge is 2.44. The van der Waals surface area contributed by atoms with Gasteiger partial charge in [0.15, 0.2) is 9.84 Å². The molecule has 0 aromatic carbocycles. The fraction of sp³-hybridized carbons (Fsp3) is 1.00. The molecule has 18 heavy (non-hydrogen) atoms. The summed E-state index contributed by atoms with van der Waals surface area (Å²) in [6, 6.07) is 0.522. The Labute approximate surface area is 110 Å². The lowest BCUT2D eigenvalue weighted by atomic mass is 9.77. The molecule has 0 spiro atoms. The summed E-state index contributed by atoms with van der Waals surface area (Å²) in [4.78, 5) is 2.46. The van der Waals surface area contributed by atoms with E-state index in [1.807, 2.05) is 0 Å². The largest absolute Gasteiger partial charge is 0.325 e. The first-order valence-electron chi connectivity index (χ1n) is 7.28. The molecule has 1 aliphatic carbocycles. The second kappa shape index (κ2) is 4.76. The fourth-order valence-corrected chi connectivity index (χ4v) is 6.18. The summed E-state index contributed by atoms with van der Waals surface area (Å²) in [6.07, 6.45) is 7.76. The molecule has 0 bridgehead atoms. The number of hydrogen-bond acceptors (Lipinski definition) is 4. The van der Waals surface area contributed by atoms with Gasteiger partial charge in [-0.3, -0.25) is 4.90 Å². The summed E-state index contributed by atoms with van der Waals surface area (Å²) >= 11 is 0. The molecule has 3 rings (SSSR count). The van der Waals surface area contributed by atoms with E-state index in [4.69, 9.17) is 5.73 Å². The Morgan fingerprint density at radius 3 is 2.39 bits per heavy atom. The maximum atomic E-state index is 11.7. The molecule has 2 heterocycles. The van der Waals surface area contributed by atoms with E-state index in [0.717, 1.165) is 12.5 Å². The quantitative estimate of drug-likeness (QED) is 0.765. The summed E-state index contributed by atoms with van der Waals surface area (Å²) in [5, 5.41) is 0. The molecule has 5 heteroatoms. The van der Waals surface area contributed by atoms with Gasteiger partial charge in [0.25, 0.3) is 0 Å². The lowest BCUT2D eigenvalue weighted by molar-refractivity contribution is 0.0289. The van der Waals surface area contributed by atoms with E-state index in [1.54, 1.807) is 0 Å². The third-order valence-corrected chi connectivity index (χ3v) is 6.82. The van der Waals surface area contributed by atoms with Gasteiger partial charge in [-0.25, -0.2) is 8.42 Å². The van der Waals surface area contributed by atoms with Crippen molar-refractivity contribution in [2.45, 2.75) is 56.7 Å². The second-order valence-corrected chi connectivity index (χ2v) is 8.45. The van der Waals surface area contributed by atoms with Crippen molar-refractivity contribution in [3.05, 3.63) is 0 Å². The molecular weight excluding hydrogens is 248 g/mol. The minimum atomic E-state index is -2.90. The van der Waals surface area contributed by atoms with Crippen LogP contribution in [0.25, 0.3) is 0 Å². The van der Waals surface area contributed by atoms with Gasteiger partial charge in [0.05, 0.1) is 11.5 Å². The average Bonchev–Trinajstić information content (AvgIpc) is 2.62. The van der Waals surface area contributed by atoms with Crippen LogP contribution < -0.4 is 5.73 Å². The number of rotatable bonds is 1. The van der Waals surface area contributed by atoms with Crippen LogP contribution in [-0.2, 0) is 9.84 Å². The van der Waals surface area contributed by atoms with Crippen LogP contribution >= 0.6 is 0 Å². The maximum Gasteiger partial charge on any atom is 0.153 e. The molecule has 1 saturated carbocycles. The van der Waals surface area contributed by atoms with Crippen molar-refractivity contribution in [3.63, 3.8) is 0 Å². The van der Waals surface area contributed by atoms with E-state index in [2.05, 4.69) is 4.90 Å². The van der Waals surface area contributed by atoms with E-state index in [0.29, 0.717) is 6.04 Å². The van der Waals surface area contributed by atoms with Crippen molar-refractivity contribution in [1.82, 2.24) is 4.90 Å². The summed E-state index contributed by atoms with van der Waals surface area (Å²) in [7, 11) is -2.90.